The normalized spacial score (nSPS) is 32.1. The molecule has 1 aromatic rings. The zero-order valence-electron chi connectivity index (χ0n) is 12.2. The van der Waals surface area contributed by atoms with Gasteiger partial charge in [-0.2, -0.15) is 0 Å². The van der Waals surface area contributed by atoms with Gasteiger partial charge in [0.15, 0.2) is 0 Å². The van der Waals surface area contributed by atoms with Crippen molar-refractivity contribution in [3.8, 4) is 0 Å². The molecule has 0 aliphatic carbocycles. The van der Waals surface area contributed by atoms with Gasteiger partial charge in [0, 0.05) is 63.5 Å². The Morgan fingerprint density at radius 2 is 2.05 bits per heavy atom. The van der Waals surface area contributed by atoms with Crippen LogP contribution in [0.2, 0.25) is 0 Å². The first kappa shape index (κ1) is 12.7. The van der Waals surface area contributed by atoms with Crippen LogP contribution in [-0.4, -0.2) is 59.0 Å². The van der Waals surface area contributed by atoms with Gasteiger partial charge in [-0.05, 0) is 6.42 Å². The molecule has 3 saturated heterocycles. The molecule has 3 fully saturated rings. The molecule has 0 spiro atoms. The molecule has 0 amide bonds. The Labute approximate surface area is 120 Å². The predicted molar refractivity (Wildman–Crippen MR) is 77.6 cm³/mol. The minimum absolute atomic E-state index is 0.419. The highest BCUT2D eigenvalue weighted by molar-refractivity contribution is 5.29. The smallest absolute Gasteiger partial charge is 0.147 e. The summed E-state index contributed by atoms with van der Waals surface area (Å²) in [6.07, 6.45) is 2.06. The van der Waals surface area contributed by atoms with E-state index in [1.807, 2.05) is 0 Å². The van der Waals surface area contributed by atoms with E-state index in [4.69, 9.17) is 9.97 Å². The first-order chi connectivity index (χ1) is 9.85. The summed E-state index contributed by atoms with van der Waals surface area (Å²) in [5.41, 5.74) is 3.91. The van der Waals surface area contributed by atoms with Crippen molar-refractivity contribution in [2.24, 2.45) is 0 Å². The summed E-state index contributed by atoms with van der Waals surface area (Å²) in [6, 6.07) is 0.419. The molecule has 0 aromatic carbocycles. The third-order valence-electron chi connectivity index (χ3n) is 4.95. The summed E-state index contributed by atoms with van der Waals surface area (Å²) in [4.78, 5) is 15.0. The maximum atomic E-state index is 4.94. The highest BCUT2D eigenvalue weighted by atomic mass is 15.4. The first-order valence-electron chi connectivity index (χ1n) is 7.91. The number of fused-ring (bicyclic) bond motifs is 4. The molecular weight excluding hydrogens is 250 g/mol. The van der Waals surface area contributed by atoms with Crippen molar-refractivity contribution >= 4 is 0 Å². The summed E-state index contributed by atoms with van der Waals surface area (Å²) >= 11 is 0. The first-order valence-corrected chi connectivity index (χ1v) is 7.91. The van der Waals surface area contributed by atoms with E-state index in [1.165, 1.54) is 43.1 Å². The summed E-state index contributed by atoms with van der Waals surface area (Å²) in [7, 11) is 0. The second kappa shape index (κ2) is 5.06. The van der Waals surface area contributed by atoms with Crippen molar-refractivity contribution < 1.29 is 0 Å². The molecule has 0 radical (unpaired) electrons. The molecule has 5 heterocycles. The van der Waals surface area contributed by atoms with Gasteiger partial charge in [0.2, 0.25) is 0 Å². The molecule has 1 atom stereocenters. The summed E-state index contributed by atoms with van der Waals surface area (Å²) in [6.45, 7) is 10.1. The van der Waals surface area contributed by atoms with Crippen molar-refractivity contribution in [1.29, 1.82) is 0 Å². The van der Waals surface area contributed by atoms with Crippen LogP contribution in [0, 0.1) is 0 Å². The van der Waals surface area contributed by atoms with E-state index < -0.39 is 0 Å². The maximum Gasteiger partial charge on any atom is 0.147 e. The highest BCUT2D eigenvalue weighted by Gasteiger charge is 2.35. The third-order valence-corrected chi connectivity index (χ3v) is 4.95. The van der Waals surface area contributed by atoms with Gasteiger partial charge in [0.25, 0.3) is 0 Å². The van der Waals surface area contributed by atoms with Crippen molar-refractivity contribution in [2.45, 2.75) is 32.4 Å². The molecule has 1 N–H and O–H groups in total. The lowest BCUT2D eigenvalue weighted by atomic mass is 10.0. The number of aryl methyl sites for hydroxylation is 1. The number of nitrogens with one attached hydrogen (secondary N) is 1. The molecule has 5 rings (SSSR count). The fourth-order valence-electron chi connectivity index (χ4n) is 3.74. The third kappa shape index (κ3) is 2.05. The molecule has 1 unspecified atom stereocenters. The number of nitrogens with zero attached hydrogens (tertiary/aromatic N) is 4. The number of rotatable bonds is 2. The highest BCUT2D eigenvalue weighted by Crippen LogP contribution is 2.28. The molecule has 4 aliphatic rings. The zero-order chi connectivity index (χ0) is 13.5. The molecule has 5 heteroatoms. The van der Waals surface area contributed by atoms with Crippen LogP contribution in [0.4, 0.5) is 0 Å². The lowest BCUT2D eigenvalue weighted by Crippen LogP contribution is -2.57. The molecule has 0 saturated carbocycles. The quantitative estimate of drug-likeness (QED) is 0.843. The number of hydrogen-bond donors (Lipinski definition) is 1. The average molecular weight is 273 g/mol. The van der Waals surface area contributed by atoms with E-state index in [1.54, 1.807) is 0 Å². The van der Waals surface area contributed by atoms with Crippen LogP contribution in [0.5, 0.6) is 0 Å². The Morgan fingerprint density at radius 1 is 1.20 bits per heavy atom. The molecule has 108 valence electrons. The van der Waals surface area contributed by atoms with Crippen LogP contribution in [0.3, 0.4) is 0 Å². The molecular formula is C15H23N5. The largest absolute Gasteiger partial charge is 0.312 e. The summed E-state index contributed by atoms with van der Waals surface area (Å²) < 4.78 is 0. The Kier molecular flexibility index (Phi) is 3.21. The van der Waals surface area contributed by atoms with Crippen molar-refractivity contribution in [3.63, 3.8) is 0 Å². The molecule has 2 bridgehead atoms. The van der Waals surface area contributed by atoms with Crippen LogP contribution < -0.4 is 5.32 Å². The Balaban J connectivity index is 1.71. The van der Waals surface area contributed by atoms with Gasteiger partial charge in [0.05, 0.1) is 11.7 Å². The Bertz CT molecular complexity index is 490. The standard InChI is InChI=1S/C15H23N5/c1-2-12-11-9-16-4-3-13(11)18-15(17-12)14-10-19-5-7-20(14)8-6-19/h14,16H,2-10H2,1H3. The van der Waals surface area contributed by atoms with Crippen molar-refractivity contribution in [1.82, 2.24) is 25.1 Å². The van der Waals surface area contributed by atoms with Crippen molar-refractivity contribution in [3.05, 3.63) is 22.8 Å². The lowest BCUT2D eigenvalue weighted by Gasteiger charge is -2.46. The van der Waals surface area contributed by atoms with Gasteiger partial charge in [0.1, 0.15) is 5.82 Å². The van der Waals surface area contributed by atoms with E-state index >= 15 is 0 Å². The number of aromatic nitrogens is 2. The minimum atomic E-state index is 0.419. The SMILES string of the molecule is CCc1nc(C2CN3CCN2CC3)nc2c1CNCC2. The van der Waals surface area contributed by atoms with Crippen LogP contribution >= 0.6 is 0 Å². The van der Waals surface area contributed by atoms with Crippen LogP contribution in [0.15, 0.2) is 0 Å². The minimum Gasteiger partial charge on any atom is -0.312 e. The van der Waals surface area contributed by atoms with Gasteiger partial charge >= 0.3 is 0 Å². The van der Waals surface area contributed by atoms with Crippen LogP contribution in [-0.2, 0) is 19.4 Å². The molecule has 1 aromatic heterocycles. The molecule has 4 aliphatic heterocycles. The molecule has 20 heavy (non-hydrogen) atoms. The van der Waals surface area contributed by atoms with Crippen molar-refractivity contribution in [2.75, 3.05) is 39.3 Å². The fourth-order valence-corrected chi connectivity index (χ4v) is 3.74. The average Bonchev–Trinajstić information content (AvgIpc) is 2.54. The Morgan fingerprint density at radius 3 is 2.75 bits per heavy atom. The fraction of sp³-hybridized carbons (Fsp3) is 0.733. The summed E-state index contributed by atoms with van der Waals surface area (Å²) in [5.74, 6) is 1.08. The number of hydrogen-bond acceptors (Lipinski definition) is 5. The monoisotopic (exact) mass is 273 g/mol. The number of piperazine rings is 3. The van der Waals surface area contributed by atoms with E-state index in [2.05, 4.69) is 22.0 Å². The van der Waals surface area contributed by atoms with Gasteiger partial charge in [-0.1, -0.05) is 6.92 Å². The van der Waals surface area contributed by atoms with Gasteiger partial charge in [-0.3, -0.25) is 9.80 Å². The maximum absolute atomic E-state index is 4.94. The van der Waals surface area contributed by atoms with E-state index in [0.29, 0.717) is 6.04 Å². The van der Waals surface area contributed by atoms with Crippen LogP contribution in [0.25, 0.3) is 0 Å². The predicted octanol–water partition coefficient (Wildman–Crippen LogP) is 0.357. The lowest BCUT2D eigenvalue weighted by molar-refractivity contribution is 0.00843. The van der Waals surface area contributed by atoms with Gasteiger partial charge < -0.3 is 5.32 Å². The van der Waals surface area contributed by atoms with Crippen LogP contribution in [0.1, 0.15) is 35.7 Å². The topological polar surface area (TPSA) is 44.3 Å². The van der Waals surface area contributed by atoms with E-state index in [0.717, 1.165) is 38.3 Å². The molecule has 5 nitrogen and oxygen atoms in total. The van der Waals surface area contributed by atoms with E-state index in [-0.39, 0.29) is 0 Å². The second-order valence-corrected chi connectivity index (χ2v) is 6.09. The summed E-state index contributed by atoms with van der Waals surface area (Å²) in [5, 5.41) is 3.44. The van der Waals surface area contributed by atoms with E-state index in [9.17, 15) is 0 Å². The van der Waals surface area contributed by atoms with Gasteiger partial charge in [-0.15, -0.1) is 0 Å². The Hall–Kier alpha value is -1.04. The zero-order valence-corrected chi connectivity index (χ0v) is 12.2. The second-order valence-electron chi connectivity index (χ2n) is 6.09. The van der Waals surface area contributed by atoms with Gasteiger partial charge in [-0.25, -0.2) is 9.97 Å².